The average Bonchev–Trinajstić information content (AvgIpc) is 2.29. The minimum absolute atomic E-state index is 0.0995. The van der Waals surface area contributed by atoms with Gasteiger partial charge in [-0.05, 0) is 32.5 Å². The van der Waals surface area contributed by atoms with E-state index in [2.05, 4.69) is 16.1 Å². The van der Waals surface area contributed by atoms with Gasteiger partial charge in [0.05, 0.1) is 12.1 Å². The van der Waals surface area contributed by atoms with Crippen LogP contribution in [0.1, 0.15) is 19.3 Å². The first-order valence-corrected chi connectivity index (χ1v) is 6.30. The minimum atomic E-state index is -1.95. The highest BCUT2D eigenvalue weighted by Gasteiger charge is 2.16. The van der Waals surface area contributed by atoms with Crippen molar-refractivity contribution in [3.8, 4) is 0 Å². The summed E-state index contributed by atoms with van der Waals surface area (Å²) in [6, 6.07) is 0. The lowest BCUT2D eigenvalue weighted by Gasteiger charge is -2.11. The van der Waals surface area contributed by atoms with E-state index in [1.54, 1.807) is 7.11 Å². The maximum atomic E-state index is 8.58. The molecule has 0 aliphatic rings. The van der Waals surface area contributed by atoms with E-state index in [4.69, 9.17) is 20.5 Å². The minimum Gasteiger partial charge on any atom is -0.317 e. The summed E-state index contributed by atoms with van der Waals surface area (Å²) in [5, 5.41) is 32.2. The second-order valence-electron chi connectivity index (χ2n) is 4.08. The smallest absolute Gasteiger partial charge is 0.178 e. The van der Waals surface area contributed by atoms with E-state index in [9.17, 15) is 0 Å². The van der Waals surface area contributed by atoms with Crippen LogP contribution in [0, 0.1) is 0 Å². The van der Waals surface area contributed by atoms with Gasteiger partial charge in [-0.25, -0.2) is 5.48 Å². The van der Waals surface area contributed by atoms with Gasteiger partial charge in [-0.1, -0.05) is 0 Å². The second kappa shape index (κ2) is 11.8. The van der Waals surface area contributed by atoms with Crippen molar-refractivity contribution in [3.63, 3.8) is 0 Å². The number of hydrogen-bond donors (Lipinski definition) is 6. The number of nitrogens with one attached hydrogen (secondary N) is 3. The first-order valence-electron chi connectivity index (χ1n) is 6.30. The van der Waals surface area contributed by atoms with Gasteiger partial charge in [-0.3, -0.25) is 0 Å². The molecule has 0 radical (unpaired) electrons. The topological polar surface area (TPSA) is 106 Å². The molecule has 0 rings (SSSR count). The number of hydrogen-bond acceptors (Lipinski definition) is 7. The molecule has 0 spiro atoms. The van der Waals surface area contributed by atoms with Crippen LogP contribution >= 0.6 is 0 Å². The molecule has 0 bridgehead atoms. The quantitative estimate of drug-likeness (QED) is 0.151. The van der Waals surface area contributed by atoms with E-state index < -0.39 is 4.97 Å². The zero-order chi connectivity index (χ0) is 13.7. The van der Waals surface area contributed by atoms with E-state index in [0.29, 0.717) is 13.0 Å². The predicted molar refractivity (Wildman–Crippen MR) is 65.1 cm³/mol. The molecule has 110 valence electrons. The lowest BCUT2D eigenvalue weighted by molar-refractivity contribution is -1.37. The summed E-state index contributed by atoms with van der Waals surface area (Å²) in [7, 11) is 1.60. The number of hydroxylamine groups is 4. The Kier molecular flexibility index (Phi) is 11.5. The van der Waals surface area contributed by atoms with Gasteiger partial charge in [0.1, 0.15) is 0 Å². The van der Waals surface area contributed by atoms with Crippen molar-refractivity contribution in [1.29, 1.82) is 0 Å². The first-order chi connectivity index (χ1) is 8.56. The fourth-order valence-corrected chi connectivity index (χ4v) is 1.39. The average molecular weight is 267 g/mol. The summed E-state index contributed by atoms with van der Waals surface area (Å²) in [6.45, 7) is 4.16. The van der Waals surface area contributed by atoms with Crippen LogP contribution in [-0.2, 0) is 4.84 Å². The van der Waals surface area contributed by atoms with Gasteiger partial charge in [-0.2, -0.15) is 0 Å². The van der Waals surface area contributed by atoms with Gasteiger partial charge in [0, 0.05) is 19.5 Å². The van der Waals surface area contributed by atoms with Crippen molar-refractivity contribution in [1.82, 2.24) is 16.1 Å². The molecule has 0 saturated carbocycles. The maximum absolute atomic E-state index is 8.58. The molecule has 0 aromatic rings. The summed E-state index contributed by atoms with van der Waals surface area (Å²) in [6.07, 6.45) is 2.53. The van der Waals surface area contributed by atoms with Crippen molar-refractivity contribution in [2.75, 3.05) is 46.4 Å². The van der Waals surface area contributed by atoms with Gasteiger partial charge in [0.15, 0.2) is 6.54 Å². The van der Waals surface area contributed by atoms with E-state index >= 15 is 0 Å². The summed E-state index contributed by atoms with van der Waals surface area (Å²) in [4.78, 5) is 2.76. The third-order valence-electron chi connectivity index (χ3n) is 2.30. The Hall–Kier alpha value is -0.320. The van der Waals surface area contributed by atoms with Crippen LogP contribution in [0.4, 0.5) is 0 Å². The Morgan fingerprint density at radius 3 is 1.83 bits per heavy atom. The zero-order valence-corrected chi connectivity index (χ0v) is 11.1. The van der Waals surface area contributed by atoms with Gasteiger partial charge in [0.25, 0.3) is 0 Å². The molecule has 0 aliphatic heterocycles. The molecule has 18 heavy (non-hydrogen) atoms. The molecular weight excluding hydrogens is 240 g/mol. The molecule has 0 fully saturated rings. The van der Waals surface area contributed by atoms with Gasteiger partial charge in [-0.15, -0.1) is 15.6 Å². The van der Waals surface area contributed by atoms with Crippen molar-refractivity contribution < 1.29 is 25.4 Å². The molecule has 0 aromatic carbocycles. The first kappa shape index (κ1) is 17.7. The third-order valence-corrected chi connectivity index (χ3v) is 2.30. The molecule has 0 amide bonds. The Balaban J connectivity index is 2.99. The van der Waals surface area contributed by atoms with Crippen molar-refractivity contribution in [2.24, 2.45) is 0 Å². The standard InChI is InChI=1S/C10H27N4O4/c1-18-13-9-3-7-11-5-2-6-12-8-4-10-14(15,16)17/h11-13,15-17H,2-10H2,1H3/q+1. The highest BCUT2D eigenvalue weighted by Crippen LogP contribution is 1.90. The monoisotopic (exact) mass is 267 g/mol. The van der Waals surface area contributed by atoms with Crippen molar-refractivity contribution in [2.45, 2.75) is 19.3 Å². The molecule has 0 aliphatic carbocycles. The lowest BCUT2D eigenvalue weighted by Crippen LogP contribution is -2.39. The van der Waals surface area contributed by atoms with Gasteiger partial charge >= 0.3 is 0 Å². The maximum Gasteiger partial charge on any atom is 0.178 e. The fourth-order valence-electron chi connectivity index (χ4n) is 1.39. The summed E-state index contributed by atoms with van der Waals surface area (Å²) in [5.41, 5.74) is 2.77. The number of nitrogens with zero attached hydrogens (tertiary/aromatic N) is 1. The molecule has 0 aromatic heterocycles. The Morgan fingerprint density at radius 2 is 1.33 bits per heavy atom. The molecule has 8 nitrogen and oxygen atoms in total. The molecule has 0 atom stereocenters. The van der Waals surface area contributed by atoms with E-state index in [1.165, 1.54) is 0 Å². The Labute approximate surface area is 108 Å². The molecule has 8 heteroatoms. The zero-order valence-electron chi connectivity index (χ0n) is 11.1. The molecule has 0 unspecified atom stereocenters. The van der Waals surface area contributed by atoms with Crippen LogP contribution in [0.25, 0.3) is 0 Å². The number of rotatable bonds is 13. The molecular formula is C10H27N4O4+. The van der Waals surface area contributed by atoms with E-state index in [0.717, 1.165) is 39.0 Å². The Bertz CT molecular complexity index is 178. The van der Waals surface area contributed by atoms with Crippen LogP contribution in [0.3, 0.4) is 0 Å². The largest absolute Gasteiger partial charge is 0.317 e. The molecule has 6 N–H and O–H groups in total. The molecule has 0 saturated heterocycles. The van der Waals surface area contributed by atoms with Gasteiger partial charge < -0.3 is 15.5 Å². The van der Waals surface area contributed by atoms with Crippen LogP contribution in [0.15, 0.2) is 0 Å². The van der Waals surface area contributed by atoms with E-state index in [-0.39, 0.29) is 6.54 Å². The third kappa shape index (κ3) is 15.7. The summed E-state index contributed by atoms with van der Waals surface area (Å²) in [5.74, 6) is 0. The lowest BCUT2D eigenvalue weighted by atomic mass is 10.3. The van der Waals surface area contributed by atoms with Crippen molar-refractivity contribution in [3.05, 3.63) is 0 Å². The SMILES string of the molecule is CONCCCNCCCNCCC[N+](O)(O)O. The van der Waals surface area contributed by atoms with Crippen LogP contribution < -0.4 is 16.1 Å². The van der Waals surface area contributed by atoms with Gasteiger partial charge in [0.2, 0.25) is 0 Å². The number of quaternary nitrogens is 1. The highest BCUT2D eigenvalue weighted by molar-refractivity contribution is 4.52. The summed E-state index contributed by atoms with van der Waals surface area (Å²) < 4.78 is 0. The Morgan fingerprint density at radius 1 is 0.833 bits per heavy atom. The predicted octanol–water partition coefficient (Wildman–Crippen LogP) is -0.529. The normalized spacial score (nSPS) is 12.0. The van der Waals surface area contributed by atoms with Crippen molar-refractivity contribution >= 4 is 0 Å². The highest BCUT2D eigenvalue weighted by atomic mass is 17.1. The van der Waals surface area contributed by atoms with Crippen LogP contribution in [-0.4, -0.2) is 67.0 Å². The summed E-state index contributed by atoms with van der Waals surface area (Å²) >= 11 is 0. The second-order valence-corrected chi connectivity index (χ2v) is 4.08. The van der Waals surface area contributed by atoms with Crippen LogP contribution in [0.5, 0.6) is 0 Å². The fraction of sp³-hybridized carbons (Fsp3) is 1.00. The van der Waals surface area contributed by atoms with E-state index in [1.807, 2.05) is 0 Å². The molecule has 0 heterocycles. The van der Waals surface area contributed by atoms with Crippen LogP contribution in [0.2, 0.25) is 0 Å².